The topological polar surface area (TPSA) is 82.5 Å². The van der Waals surface area contributed by atoms with Gasteiger partial charge >= 0.3 is 11.9 Å². The van der Waals surface area contributed by atoms with Gasteiger partial charge < -0.3 is 19.4 Å². The summed E-state index contributed by atoms with van der Waals surface area (Å²) >= 11 is 0. The van der Waals surface area contributed by atoms with Crippen LogP contribution in [-0.4, -0.2) is 27.3 Å². The van der Waals surface area contributed by atoms with Crippen LogP contribution in [-0.2, 0) is 26.1 Å². The Labute approximate surface area is 161 Å². The molecule has 0 atom stereocenters. The van der Waals surface area contributed by atoms with E-state index in [-0.39, 0.29) is 5.57 Å². The average molecular weight is 377 g/mol. The fraction of sp³-hybridized carbons (Fsp3) is 0.190. The van der Waals surface area contributed by atoms with Crippen LogP contribution in [0.4, 0.5) is 5.69 Å². The number of fused-ring (bicyclic) bond motifs is 1. The summed E-state index contributed by atoms with van der Waals surface area (Å²) in [5.74, 6) is -1.85. The molecule has 7 heteroatoms. The highest BCUT2D eigenvalue weighted by Crippen LogP contribution is 2.26. The van der Waals surface area contributed by atoms with Crippen molar-refractivity contribution in [2.24, 2.45) is 7.05 Å². The van der Waals surface area contributed by atoms with Crippen molar-refractivity contribution >= 4 is 28.7 Å². The Hall–Kier alpha value is -3.61. The van der Waals surface area contributed by atoms with Crippen molar-refractivity contribution in [3.63, 3.8) is 0 Å². The maximum Gasteiger partial charge on any atom is 0.350 e. The molecule has 1 aliphatic rings. The molecule has 1 saturated heterocycles. The van der Waals surface area contributed by atoms with Crippen LogP contribution in [0, 0.1) is 0 Å². The highest BCUT2D eigenvalue weighted by molar-refractivity contribution is 6.15. The average Bonchev–Trinajstić information content (AvgIpc) is 2.97. The van der Waals surface area contributed by atoms with Gasteiger partial charge in [0.25, 0.3) is 5.79 Å². The van der Waals surface area contributed by atoms with Crippen molar-refractivity contribution < 1.29 is 19.1 Å². The third kappa shape index (κ3) is 3.22. The van der Waals surface area contributed by atoms with Crippen molar-refractivity contribution in [2.75, 3.05) is 5.32 Å². The van der Waals surface area contributed by atoms with E-state index in [1.165, 1.54) is 20.0 Å². The number of carbonyl (C=O) groups excluding carboxylic acids is 2. The number of aromatic nitrogens is 2. The fourth-order valence-electron chi connectivity index (χ4n) is 3.07. The minimum Gasteiger partial charge on any atom is -0.419 e. The number of imidazole rings is 1. The third-order valence-electron chi connectivity index (χ3n) is 4.41. The number of hydrogen-bond donors (Lipinski definition) is 1. The number of hydrogen-bond acceptors (Lipinski definition) is 6. The Morgan fingerprint density at radius 3 is 2.39 bits per heavy atom. The molecule has 7 nitrogen and oxygen atoms in total. The molecule has 0 unspecified atom stereocenters. The molecule has 0 radical (unpaired) electrons. The molecule has 1 fully saturated rings. The first-order valence-electron chi connectivity index (χ1n) is 8.79. The zero-order valence-corrected chi connectivity index (χ0v) is 15.7. The van der Waals surface area contributed by atoms with E-state index in [0.29, 0.717) is 5.69 Å². The molecule has 0 aliphatic carbocycles. The van der Waals surface area contributed by atoms with E-state index in [1.807, 2.05) is 60.1 Å². The van der Waals surface area contributed by atoms with Crippen molar-refractivity contribution in [1.82, 2.24) is 9.55 Å². The Bertz CT molecular complexity index is 1090. The SMILES string of the molecule is Cn1c(-c2ccccc2)nc2cc(NC=C3C(=O)OC(C)(C)OC3=O)ccc21. The second kappa shape index (κ2) is 6.53. The van der Waals surface area contributed by atoms with Gasteiger partial charge in [0, 0.05) is 38.3 Å². The zero-order valence-electron chi connectivity index (χ0n) is 15.7. The number of cyclic esters (lactones) is 2. The van der Waals surface area contributed by atoms with E-state index >= 15 is 0 Å². The zero-order chi connectivity index (χ0) is 19.9. The lowest BCUT2D eigenvalue weighted by Gasteiger charge is -2.29. The first-order valence-corrected chi connectivity index (χ1v) is 8.79. The van der Waals surface area contributed by atoms with Crippen LogP contribution >= 0.6 is 0 Å². The van der Waals surface area contributed by atoms with Gasteiger partial charge in [-0.25, -0.2) is 14.6 Å². The number of esters is 2. The van der Waals surface area contributed by atoms with Gasteiger partial charge in [0.2, 0.25) is 0 Å². The summed E-state index contributed by atoms with van der Waals surface area (Å²) in [6, 6.07) is 15.5. The maximum absolute atomic E-state index is 12.0. The summed E-state index contributed by atoms with van der Waals surface area (Å²) < 4.78 is 12.2. The molecule has 4 rings (SSSR count). The summed E-state index contributed by atoms with van der Waals surface area (Å²) in [6.07, 6.45) is 1.29. The van der Waals surface area contributed by atoms with Gasteiger partial charge in [-0.2, -0.15) is 0 Å². The smallest absolute Gasteiger partial charge is 0.350 e. The normalized spacial score (nSPS) is 15.9. The van der Waals surface area contributed by atoms with Gasteiger partial charge in [0.1, 0.15) is 5.82 Å². The minimum absolute atomic E-state index is 0.189. The summed E-state index contributed by atoms with van der Waals surface area (Å²) in [7, 11) is 1.96. The third-order valence-corrected chi connectivity index (χ3v) is 4.41. The number of nitrogens with one attached hydrogen (secondary N) is 1. The quantitative estimate of drug-likeness (QED) is 0.428. The van der Waals surface area contributed by atoms with E-state index in [2.05, 4.69) is 5.32 Å². The predicted octanol–water partition coefficient (Wildman–Crippen LogP) is 3.37. The number of rotatable bonds is 3. The molecule has 28 heavy (non-hydrogen) atoms. The van der Waals surface area contributed by atoms with Gasteiger partial charge in [-0.05, 0) is 18.2 Å². The Morgan fingerprint density at radius 1 is 1.04 bits per heavy atom. The molecule has 3 aromatic rings. The van der Waals surface area contributed by atoms with Crippen LogP contribution in [0.5, 0.6) is 0 Å². The molecule has 2 heterocycles. The maximum atomic E-state index is 12.0. The monoisotopic (exact) mass is 377 g/mol. The summed E-state index contributed by atoms with van der Waals surface area (Å²) in [4.78, 5) is 28.7. The minimum atomic E-state index is -1.26. The summed E-state index contributed by atoms with van der Waals surface area (Å²) in [5, 5.41) is 2.95. The van der Waals surface area contributed by atoms with Crippen LogP contribution < -0.4 is 5.32 Å². The van der Waals surface area contributed by atoms with Gasteiger partial charge in [-0.15, -0.1) is 0 Å². The second-order valence-corrected chi connectivity index (χ2v) is 6.95. The number of aryl methyl sites for hydroxylation is 1. The lowest BCUT2D eigenvalue weighted by atomic mass is 10.2. The molecule has 0 spiro atoms. The van der Waals surface area contributed by atoms with Crippen LogP contribution in [0.3, 0.4) is 0 Å². The number of ether oxygens (including phenoxy) is 2. The van der Waals surface area contributed by atoms with Gasteiger partial charge in [0.05, 0.1) is 11.0 Å². The van der Waals surface area contributed by atoms with Crippen molar-refractivity contribution in [3.8, 4) is 11.4 Å². The summed E-state index contributed by atoms with van der Waals surface area (Å²) in [5.41, 5.74) is 3.27. The van der Waals surface area contributed by atoms with E-state index in [4.69, 9.17) is 14.5 Å². The Balaban J connectivity index is 1.62. The lowest BCUT2D eigenvalue weighted by Crippen LogP contribution is -2.42. The second-order valence-electron chi connectivity index (χ2n) is 6.95. The lowest BCUT2D eigenvalue weighted by molar-refractivity contribution is -0.222. The first-order chi connectivity index (χ1) is 13.3. The van der Waals surface area contributed by atoms with E-state index in [9.17, 15) is 9.59 Å². The number of anilines is 1. The fourth-order valence-corrected chi connectivity index (χ4v) is 3.07. The van der Waals surface area contributed by atoms with E-state index in [1.54, 1.807) is 0 Å². The molecule has 2 aromatic carbocycles. The summed E-state index contributed by atoms with van der Waals surface area (Å²) in [6.45, 7) is 3.01. The molecular formula is C21H19N3O4. The molecule has 142 valence electrons. The van der Waals surface area contributed by atoms with Crippen molar-refractivity contribution in [1.29, 1.82) is 0 Å². The molecule has 1 aliphatic heterocycles. The molecule has 1 aromatic heterocycles. The highest BCUT2D eigenvalue weighted by Gasteiger charge is 2.38. The van der Waals surface area contributed by atoms with Crippen LogP contribution in [0.1, 0.15) is 13.8 Å². The largest absolute Gasteiger partial charge is 0.419 e. The van der Waals surface area contributed by atoms with E-state index in [0.717, 1.165) is 22.4 Å². The van der Waals surface area contributed by atoms with Gasteiger partial charge in [0.15, 0.2) is 5.57 Å². The van der Waals surface area contributed by atoms with E-state index < -0.39 is 17.7 Å². The standard InChI is InChI=1S/C21H19N3O4/c1-21(2)27-19(25)15(20(26)28-21)12-22-14-9-10-17-16(11-14)23-18(24(17)3)13-7-5-4-6-8-13/h4-12,22H,1-3H3. The Morgan fingerprint density at radius 2 is 1.71 bits per heavy atom. The van der Waals surface area contributed by atoms with Gasteiger partial charge in [-0.1, -0.05) is 30.3 Å². The molecule has 0 saturated carbocycles. The predicted molar refractivity (Wildman–Crippen MR) is 104 cm³/mol. The molecular weight excluding hydrogens is 358 g/mol. The van der Waals surface area contributed by atoms with Crippen LogP contribution in [0.15, 0.2) is 60.3 Å². The first kappa shape index (κ1) is 17.8. The van der Waals surface area contributed by atoms with Crippen molar-refractivity contribution in [2.45, 2.75) is 19.6 Å². The molecule has 0 bridgehead atoms. The van der Waals surface area contributed by atoms with Crippen molar-refractivity contribution in [3.05, 3.63) is 60.3 Å². The Kier molecular flexibility index (Phi) is 4.15. The molecule has 0 amide bonds. The number of benzene rings is 2. The van der Waals surface area contributed by atoms with Gasteiger partial charge in [-0.3, -0.25) is 0 Å². The number of nitrogens with zero attached hydrogens (tertiary/aromatic N) is 2. The number of carbonyl (C=O) groups is 2. The highest BCUT2D eigenvalue weighted by atomic mass is 16.7. The van der Waals surface area contributed by atoms with Crippen LogP contribution in [0.25, 0.3) is 22.4 Å². The van der Waals surface area contributed by atoms with Crippen LogP contribution in [0.2, 0.25) is 0 Å². The molecule has 1 N–H and O–H groups in total.